The Balaban J connectivity index is 1.38. The van der Waals surface area contributed by atoms with Gasteiger partial charge >= 0.3 is 0 Å². The molecule has 0 atom stereocenters. The molecule has 0 amide bonds. The summed E-state index contributed by atoms with van der Waals surface area (Å²) < 4.78 is 5.01. The summed E-state index contributed by atoms with van der Waals surface area (Å²) >= 11 is 0. The summed E-state index contributed by atoms with van der Waals surface area (Å²) in [6, 6.07) is 44.6. The van der Waals surface area contributed by atoms with Crippen LogP contribution in [0.15, 0.2) is 121 Å². The Labute approximate surface area is 244 Å². The molecule has 1 aliphatic carbocycles. The highest BCUT2D eigenvalue weighted by Crippen LogP contribution is 2.43. The third-order valence-corrected chi connectivity index (χ3v) is 9.45. The molecule has 1 aliphatic rings. The van der Waals surface area contributed by atoms with Gasteiger partial charge in [-0.25, -0.2) is 4.98 Å². The molecule has 42 heavy (non-hydrogen) atoms. The summed E-state index contributed by atoms with van der Waals surface area (Å²) in [6.45, 7) is 0. The Bertz CT molecular complexity index is 2280. The molecule has 8 aromatic rings. The molecule has 3 heteroatoms. The lowest BCUT2D eigenvalue weighted by atomic mass is 9.94. The van der Waals surface area contributed by atoms with Crippen LogP contribution in [0.1, 0.15) is 38.1 Å². The minimum absolute atomic E-state index is 0.449. The maximum atomic E-state index is 5.54. The van der Waals surface area contributed by atoms with E-state index < -0.39 is 0 Å². The van der Waals surface area contributed by atoms with Gasteiger partial charge in [-0.05, 0) is 60.0 Å². The van der Waals surface area contributed by atoms with E-state index in [4.69, 9.17) is 4.98 Å². The Morgan fingerprint density at radius 2 is 1.14 bits per heavy atom. The van der Waals surface area contributed by atoms with Gasteiger partial charge in [0.05, 0.1) is 22.1 Å². The molecular weight excluding hydrogens is 510 g/mol. The summed E-state index contributed by atoms with van der Waals surface area (Å²) in [5.41, 5.74) is 7.24. The lowest BCUT2D eigenvalue weighted by molar-refractivity contribution is 0.362. The topological polar surface area (TPSA) is 22.8 Å². The van der Waals surface area contributed by atoms with Crippen molar-refractivity contribution in [3.8, 4) is 17.1 Å². The molecule has 0 aliphatic heterocycles. The lowest BCUT2D eigenvalue weighted by Gasteiger charge is -2.26. The molecule has 6 aromatic carbocycles. The third-order valence-electron chi connectivity index (χ3n) is 9.45. The molecule has 1 fully saturated rings. The monoisotopic (exact) mass is 541 g/mol. The number of para-hydroxylation sites is 2. The predicted octanol–water partition coefficient (Wildman–Crippen LogP) is 10.6. The maximum absolute atomic E-state index is 5.54. The molecule has 0 unspecified atom stereocenters. The SMILES string of the molecule is c1ccc(-n2c3ccccc3c3cc(-c4nc5c6ccccc6c6ccccc6c5n4C4CCCCC4)ccc32)cc1. The smallest absolute Gasteiger partial charge is 0.141 e. The fraction of sp³-hybridized carbons (Fsp3) is 0.154. The van der Waals surface area contributed by atoms with Crippen molar-refractivity contribution in [2.75, 3.05) is 0 Å². The highest BCUT2D eigenvalue weighted by Gasteiger charge is 2.26. The molecule has 0 spiro atoms. The predicted molar refractivity (Wildman–Crippen MR) is 177 cm³/mol. The molecule has 3 nitrogen and oxygen atoms in total. The van der Waals surface area contributed by atoms with Gasteiger partial charge in [0.1, 0.15) is 5.82 Å². The molecule has 0 radical (unpaired) electrons. The van der Waals surface area contributed by atoms with Crippen LogP contribution in [0.25, 0.3) is 71.5 Å². The fourth-order valence-electron chi connectivity index (χ4n) is 7.59. The number of fused-ring (bicyclic) bond motifs is 9. The van der Waals surface area contributed by atoms with E-state index in [9.17, 15) is 0 Å². The molecule has 1 saturated carbocycles. The zero-order valence-corrected chi connectivity index (χ0v) is 23.5. The second-order valence-corrected chi connectivity index (χ2v) is 11.8. The number of rotatable bonds is 3. The number of nitrogens with zero attached hydrogens (tertiary/aromatic N) is 3. The van der Waals surface area contributed by atoms with Crippen LogP contribution in [-0.2, 0) is 0 Å². The quantitative estimate of drug-likeness (QED) is 0.204. The van der Waals surface area contributed by atoms with Crippen molar-refractivity contribution in [2.24, 2.45) is 0 Å². The van der Waals surface area contributed by atoms with Crippen molar-refractivity contribution < 1.29 is 0 Å². The number of aromatic nitrogens is 3. The summed E-state index contributed by atoms with van der Waals surface area (Å²) in [7, 11) is 0. The first-order valence-electron chi connectivity index (χ1n) is 15.3. The fourth-order valence-corrected chi connectivity index (χ4v) is 7.59. The third kappa shape index (κ3) is 3.43. The van der Waals surface area contributed by atoms with Crippen LogP contribution < -0.4 is 0 Å². The summed E-state index contributed by atoms with van der Waals surface area (Å²) in [5, 5.41) is 7.67. The second-order valence-electron chi connectivity index (χ2n) is 11.8. The maximum Gasteiger partial charge on any atom is 0.141 e. The molecule has 0 bridgehead atoms. The standard InChI is InChI=1S/C39H31N3/c1-3-13-27(14-4-1)41-35-22-12-11-19-31(35)34-25-26(23-24-36(34)41)39-40-37-32-20-9-7-17-29(32)30-18-8-10-21-33(30)38(37)42(39)28-15-5-2-6-16-28/h1,3-4,7-14,17-25,28H,2,5-6,15-16H2. The van der Waals surface area contributed by atoms with Crippen LogP contribution >= 0.6 is 0 Å². The average molecular weight is 542 g/mol. The van der Waals surface area contributed by atoms with Crippen molar-refractivity contribution >= 4 is 54.4 Å². The summed E-state index contributed by atoms with van der Waals surface area (Å²) in [4.78, 5) is 5.54. The molecule has 0 saturated heterocycles. The van der Waals surface area contributed by atoms with E-state index in [2.05, 4.69) is 130 Å². The Kier molecular flexibility index (Phi) is 5.28. The molecule has 0 N–H and O–H groups in total. The highest BCUT2D eigenvalue weighted by atomic mass is 15.1. The van der Waals surface area contributed by atoms with Crippen LogP contribution in [0.3, 0.4) is 0 Å². The van der Waals surface area contributed by atoms with Crippen LogP contribution in [-0.4, -0.2) is 14.1 Å². The van der Waals surface area contributed by atoms with E-state index in [1.807, 2.05) is 0 Å². The molecule has 2 heterocycles. The van der Waals surface area contributed by atoms with Crippen molar-refractivity contribution in [1.29, 1.82) is 0 Å². The van der Waals surface area contributed by atoms with Crippen molar-refractivity contribution in [3.63, 3.8) is 0 Å². The summed E-state index contributed by atoms with van der Waals surface area (Å²) in [5.74, 6) is 1.09. The van der Waals surface area contributed by atoms with Gasteiger partial charge < -0.3 is 9.13 Å². The van der Waals surface area contributed by atoms with Gasteiger partial charge in [-0.2, -0.15) is 0 Å². The zero-order valence-electron chi connectivity index (χ0n) is 23.5. The molecule has 202 valence electrons. The second kappa shape index (κ2) is 9.32. The normalized spacial score (nSPS) is 14.6. The molecular formula is C39H31N3. The largest absolute Gasteiger partial charge is 0.320 e. The van der Waals surface area contributed by atoms with Gasteiger partial charge in [-0.1, -0.05) is 104 Å². The number of hydrogen-bond donors (Lipinski definition) is 0. The lowest BCUT2D eigenvalue weighted by Crippen LogP contribution is -2.14. The first-order chi connectivity index (χ1) is 20.9. The number of hydrogen-bond acceptors (Lipinski definition) is 1. The van der Waals surface area contributed by atoms with E-state index in [1.165, 1.54) is 92.2 Å². The Hall–Kier alpha value is -4.89. The minimum atomic E-state index is 0.449. The first kappa shape index (κ1) is 23.8. The van der Waals surface area contributed by atoms with Crippen molar-refractivity contribution in [1.82, 2.24) is 14.1 Å². The number of imidazole rings is 1. The van der Waals surface area contributed by atoms with Crippen molar-refractivity contribution in [2.45, 2.75) is 38.1 Å². The van der Waals surface area contributed by atoms with E-state index in [0.29, 0.717) is 6.04 Å². The van der Waals surface area contributed by atoms with Gasteiger partial charge in [0.2, 0.25) is 0 Å². The highest BCUT2D eigenvalue weighted by molar-refractivity contribution is 6.24. The van der Waals surface area contributed by atoms with E-state index in [1.54, 1.807) is 0 Å². The van der Waals surface area contributed by atoms with Crippen LogP contribution in [0, 0.1) is 0 Å². The van der Waals surface area contributed by atoms with Gasteiger partial charge in [0, 0.05) is 38.8 Å². The Morgan fingerprint density at radius 1 is 0.524 bits per heavy atom. The van der Waals surface area contributed by atoms with E-state index in [0.717, 1.165) is 11.3 Å². The molecule has 9 rings (SSSR count). The van der Waals surface area contributed by atoms with Gasteiger partial charge in [0.25, 0.3) is 0 Å². The average Bonchev–Trinajstić information content (AvgIpc) is 3.63. The number of benzene rings is 6. The van der Waals surface area contributed by atoms with Crippen molar-refractivity contribution in [3.05, 3.63) is 121 Å². The van der Waals surface area contributed by atoms with Gasteiger partial charge in [0.15, 0.2) is 0 Å². The molecule has 2 aromatic heterocycles. The van der Waals surface area contributed by atoms with Crippen LogP contribution in [0.5, 0.6) is 0 Å². The van der Waals surface area contributed by atoms with Gasteiger partial charge in [-0.3, -0.25) is 0 Å². The van der Waals surface area contributed by atoms with Crippen LogP contribution in [0.2, 0.25) is 0 Å². The minimum Gasteiger partial charge on any atom is -0.320 e. The Morgan fingerprint density at radius 3 is 1.93 bits per heavy atom. The summed E-state index contributed by atoms with van der Waals surface area (Å²) in [6.07, 6.45) is 6.29. The zero-order chi connectivity index (χ0) is 27.6. The van der Waals surface area contributed by atoms with E-state index >= 15 is 0 Å². The van der Waals surface area contributed by atoms with Gasteiger partial charge in [-0.15, -0.1) is 0 Å². The first-order valence-corrected chi connectivity index (χ1v) is 15.3. The van der Waals surface area contributed by atoms with Crippen LogP contribution in [0.4, 0.5) is 0 Å². The van der Waals surface area contributed by atoms with E-state index in [-0.39, 0.29) is 0 Å².